The van der Waals surface area contributed by atoms with Gasteiger partial charge in [-0.25, -0.2) is 13.8 Å². The van der Waals surface area contributed by atoms with E-state index in [1.54, 1.807) is 66.7 Å². The van der Waals surface area contributed by atoms with Gasteiger partial charge in [-0.15, -0.1) is 0 Å². The lowest BCUT2D eigenvalue weighted by Crippen LogP contribution is -2.39. The van der Waals surface area contributed by atoms with Crippen LogP contribution in [-0.4, -0.2) is 33.7 Å². The van der Waals surface area contributed by atoms with Crippen LogP contribution in [0.25, 0.3) is 0 Å². The minimum Gasteiger partial charge on any atom is -0.490 e. The van der Waals surface area contributed by atoms with Crippen LogP contribution in [0.4, 0.5) is 5.69 Å². The summed E-state index contributed by atoms with van der Waals surface area (Å²) in [6.07, 6.45) is 1.43. The predicted octanol–water partition coefficient (Wildman–Crippen LogP) is 6.32. The first-order chi connectivity index (χ1) is 19.8. The molecule has 4 aromatic carbocycles. The van der Waals surface area contributed by atoms with Gasteiger partial charge in [0.15, 0.2) is 11.5 Å². The van der Waals surface area contributed by atoms with E-state index in [1.165, 1.54) is 24.4 Å². The van der Waals surface area contributed by atoms with Crippen molar-refractivity contribution in [2.45, 2.75) is 18.4 Å². The zero-order valence-corrected chi connectivity index (χ0v) is 24.4. The summed E-state index contributed by atoms with van der Waals surface area (Å²) in [6, 6.07) is 26.7. The molecule has 212 valence electrons. The maximum atomic E-state index is 13.4. The van der Waals surface area contributed by atoms with Gasteiger partial charge in [-0.05, 0) is 78.7 Å². The smallest absolute Gasteiger partial charge is 0.264 e. The fourth-order valence-electron chi connectivity index (χ4n) is 3.74. The van der Waals surface area contributed by atoms with Crippen LogP contribution in [0.2, 0.25) is 10.0 Å². The fraction of sp³-hybridized carbons (Fsp3) is 0.133. The normalized spacial score (nSPS) is 11.3. The molecule has 0 aliphatic carbocycles. The van der Waals surface area contributed by atoms with Crippen LogP contribution in [-0.2, 0) is 21.4 Å². The number of amides is 1. The van der Waals surface area contributed by atoms with Crippen LogP contribution in [0.3, 0.4) is 0 Å². The van der Waals surface area contributed by atoms with Crippen molar-refractivity contribution in [2.24, 2.45) is 5.10 Å². The highest BCUT2D eigenvalue weighted by molar-refractivity contribution is 7.92. The topological polar surface area (TPSA) is 97.3 Å². The summed E-state index contributed by atoms with van der Waals surface area (Å²) in [5.41, 5.74) is 4.23. The molecule has 0 aromatic heterocycles. The van der Waals surface area contributed by atoms with Crippen LogP contribution in [0, 0.1) is 0 Å². The van der Waals surface area contributed by atoms with Gasteiger partial charge in [0.1, 0.15) is 13.2 Å². The van der Waals surface area contributed by atoms with Crippen molar-refractivity contribution in [1.29, 1.82) is 0 Å². The zero-order valence-electron chi connectivity index (χ0n) is 22.0. The number of carbonyl (C=O) groups excluding carboxylic acids is 1. The number of benzene rings is 4. The van der Waals surface area contributed by atoms with Gasteiger partial charge in [0.05, 0.1) is 23.4 Å². The van der Waals surface area contributed by atoms with Crippen LogP contribution in [0.5, 0.6) is 11.5 Å². The van der Waals surface area contributed by atoms with Crippen molar-refractivity contribution < 1.29 is 22.7 Å². The third-order valence-corrected chi connectivity index (χ3v) is 7.97. The van der Waals surface area contributed by atoms with Crippen LogP contribution in [0.15, 0.2) is 107 Å². The summed E-state index contributed by atoms with van der Waals surface area (Å²) >= 11 is 12.1. The Morgan fingerprint density at radius 3 is 2.34 bits per heavy atom. The summed E-state index contributed by atoms with van der Waals surface area (Å²) in [6.45, 7) is 2.09. The van der Waals surface area contributed by atoms with Gasteiger partial charge in [-0.1, -0.05) is 59.6 Å². The van der Waals surface area contributed by atoms with Gasteiger partial charge in [0, 0.05) is 10.0 Å². The molecule has 4 aromatic rings. The van der Waals surface area contributed by atoms with E-state index < -0.39 is 22.5 Å². The van der Waals surface area contributed by atoms with Gasteiger partial charge >= 0.3 is 0 Å². The molecule has 11 heteroatoms. The number of nitrogens with zero attached hydrogens (tertiary/aromatic N) is 2. The van der Waals surface area contributed by atoms with Gasteiger partial charge in [0.25, 0.3) is 15.9 Å². The van der Waals surface area contributed by atoms with Gasteiger partial charge in [-0.3, -0.25) is 9.10 Å². The summed E-state index contributed by atoms with van der Waals surface area (Å²) < 4.78 is 39.4. The molecule has 0 saturated heterocycles. The maximum Gasteiger partial charge on any atom is 0.264 e. The van der Waals surface area contributed by atoms with Crippen molar-refractivity contribution in [3.8, 4) is 11.5 Å². The van der Waals surface area contributed by atoms with E-state index in [0.717, 1.165) is 9.87 Å². The van der Waals surface area contributed by atoms with Crippen molar-refractivity contribution >= 4 is 51.0 Å². The molecule has 8 nitrogen and oxygen atoms in total. The quantitative estimate of drug-likeness (QED) is 0.149. The number of halogens is 2. The Balaban J connectivity index is 1.46. The molecule has 0 fully saturated rings. The van der Waals surface area contributed by atoms with Gasteiger partial charge in [-0.2, -0.15) is 5.10 Å². The van der Waals surface area contributed by atoms with Crippen molar-refractivity contribution in [2.75, 3.05) is 17.5 Å². The molecule has 0 unspecified atom stereocenters. The molecule has 0 aliphatic rings. The minimum atomic E-state index is -4.06. The highest BCUT2D eigenvalue weighted by atomic mass is 35.5. The van der Waals surface area contributed by atoms with Crippen molar-refractivity contribution in [3.05, 3.63) is 118 Å². The molecule has 0 bridgehead atoms. The van der Waals surface area contributed by atoms with Crippen LogP contribution < -0.4 is 19.2 Å². The summed E-state index contributed by atoms with van der Waals surface area (Å²) in [7, 11) is -4.06. The van der Waals surface area contributed by atoms with E-state index in [9.17, 15) is 13.2 Å². The lowest BCUT2D eigenvalue weighted by atomic mass is 10.2. The molecule has 0 heterocycles. The average Bonchev–Trinajstić information content (AvgIpc) is 2.97. The summed E-state index contributed by atoms with van der Waals surface area (Å²) in [5.74, 6) is 0.415. The third-order valence-electron chi connectivity index (χ3n) is 5.69. The van der Waals surface area contributed by atoms with Crippen molar-refractivity contribution in [3.63, 3.8) is 0 Å². The second-order valence-corrected chi connectivity index (χ2v) is 11.4. The molecule has 0 saturated carbocycles. The molecule has 4 rings (SSSR count). The first-order valence-electron chi connectivity index (χ1n) is 12.6. The number of rotatable bonds is 12. The van der Waals surface area contributed by atoms with Crippen LogP contribution in [0.1, 0.15) is 18.1 Å². The summed E-state index contributed by atoms with van der Waals surface area (Å²) in [5, 5.41) is 4.99. The Bertz CT molecular complexity index is 1620. The van der Waals surface area contributed by atoms with E-state index in [1.807, 2.05) is 19.1 Å². The number of ether oxygens (including phenoxy) is 2. The molecule has 0 atom stereocenters. The first kappa shape index (κ1) is 29.9. The predicted molar refractivity (Wildman–Crippen MR) is 162 cm³/mol. The number of hydrogen-bond donors (Lipinski definition) is 1. The second kappa shape index (κ2) is 14.0. The Morgan fingerprint density at radius 1 is 0.878 bits per heavy atom. The Morgan fingerprint density at radius 2 is 1.63 bits per heavy atom. The minimum absolute atomic E-state index is 0.0399. The Kier molecular flexibility index (Phi) is 10.2. The first-order valence-corrected chi connectivity index (χ1v) is 14.7. The SMILES string of the molecule is CCOc1cc(C=NNC(=O)CN(c2cccc(Cl)c2)S(=O)(=O)c2ccccc2)ccc1OCc1ccc(Cl)cc1. The second-order valence-electron chi connectivity index (χ2n) is 8.65. The number of hydrogen-bond acceptors (Lipinski definition) is 6. The highest BCUT2D eigenvalue weighted by Gasteiger charge is 2.27. The lowest BCUT2D eigenvalue weighted by Gasteiger charge is -2.23. The van der Waals surface area contributed by atoms with E-state index >= 15 is 0 Å². The lowest BCUT2D eigenvalue weighted by molar-refractivity contribution is -0.119. The van der Waals surface area contributed by atoms with Crippen LogP contribution >= 0.6 is 23.2 Å². The number of sulfonamides is 1. The average molecular weight is 613 g/mol. The molecular weight excluding hydrogens is 585 g/mol. The molecule has 41 heavy (non-hydrogen) atoms. The molecule has 1 amide bonds. The maximum absolute atomic E-state index is 13.4. The van der Waals surface area contributed by atoms with E-state index in [0.29, 0.717) is 40.3 Å². The van der Waals surface area contributed by atoms with E-state index in [2.05, 4.69) is 10.5 Å². The fourth-order valence-corrected chi connectivity index (χ4v) is 5.49. The number of carbonyl (C=O) groups is 1. The molecule has 1 N–H and O–H groups in total. The van der Waals surface area contributed by atoms with E-state index in [-0.39, 0.29) is 10.6 Å². The molecule has 0 aliphatic heterocycles. The number of anilines is 1. The molecular formula is C30H27Cl2N3O5S. The number of nitrogens with one attached hydrogen (secondary N) is 1. The monoisotopic (exact) mass is 611 g/mol. The third kappa shape index (κ3) is 8.23. The van der Waals surface area contributed by atoms with Gasteiger partial charge < -0.3 is 9.47 Å². The van der Waals surface area contributed by atoms with Gasteiger partial charge in [0.2, 0.25) is 0 Å². The zero-order chi connectivity index (χ0) is 29.2. The molecule has 0 spiro atoms. The largest absolute Gasteiger partial charge is 0.490 e. The molecule has 0 radical (unpaired) electrons. The Labute approximate surface area is 249 Å². The van der Waals surface area contributed by atoms with E-state index in [4.69, 9.17) is 32.7 Å². The van der Waals surface area contributed by atoms with Crippen molar-refractivity contribution in [1.82, 2.24) is 5.43 Å². The standard InChI is InChI=1S/C30H27Cl2N3O5S/c1-2-39-29-17-23(13-16-28(29)40-21-22-11-14-24(31)15-12-22)19-33-34-30(36)20-35(26-8-6-7-25(32)18-26)41(37,38)27-9-4-3-5-10-27/h3-19H,2,20-21H2,1H3,(H,34,36). The number of hydrazone groups is 1. The Hall–Kier alpha value is -4.05. The summed E-state index contributed by atoms with van der Waals surface area (Å²) in [4.78, 5) is 12.9. The highest BCUT2D eigenvalue weighted by Crippen LogP contribution is 2.29.